The van der Waals surface area contributed by atoms with Crippen molar-refractivity contribution in [3.63, 3.8) is 0 Å². The van der Waals surface area contributed by atoms with Gasteiger partial charge in [0.15, 0.2) is 12.4 Å². The SMILES string of the molecule is COc1cc(/C=N\NC(=O)COc2cccc(Cl)c2)cc([N+](=O)[O-])c1O. The number of nitro groups is 1. The van der Waals surface area contributed by atoms with Crippen molar-refractivity contribution >= 4 is 29.4 Å². The number of hydrazone groups is 1. The van der Waals surface area contributed by atoms with Crippen LogP contribution in [0.3, 0.4) is 0 Å². The maximum absolute atomic E-state index is 11.7. The van der Waals surface area contributed by atoms with E-state index in [4.69, 9.17) is 21.1 Å². The van der Waals surface area contributed by atoms with Gasteiger partial charge in [0, 0.05) is 16.7 Å². The van der Waals surface area contributed by atoms with Crippen LogP contribution < -0.4 is 14.9 Å². The van der Waals surface area contributed by atoms with E-state index >= 15 is 0 Å². The monoisotopic (exact) mass is 379 g/mol. The number of hydrogen-bond donors (Lipinski definition) is 2. The quantitative estimate of drug-likeness (QED) is 0.432. The highest BCUT2D eigenvalue weighted by Gasteiger charge is 2.19. The van der Waals surface area contributed by atoms with E-state index in [1.165, 1.54) is 19.4 Å². The molecule has 0 aliphatic heterocycles. The Bertz CT molecular complexity index is 856. The van der Waals surface area contributed by atoms with Crippen molar-refractivity contribution in [2.45, 2.75) is 0 Å². The average molecular weight is 380 g/mol. The number of nitrogens with one attached hydrogen (secondary N) is 1. The molecular weight excluding hydrogens is 366 g/mol. The summed E-state index contributed by atoms with van der Waals surface area (Å²) in [4.78, 5) is 21.8. The van der Waals surface area contributed by atoms with Crippen molar-refractivity contribution in [3.8, 4) is 17.2 Å². The molecule has 0 heterocycles. The Balaban J connectivity index is 1.98. The van der Waals surface area contributed by atoms with Gasteiger partial charge in [-0.3, -0.25) is 14.9 Å². The second-order valence-corrected chi connectivity index (χ2v) is 5.32. The van der Waals surface area contributed by atoms with Crippen LogP contribution in [0.5, 0.6) is 17.2 Å². The summed E-state index contributed by atoms with van der Waals surface area (Å²) in [6.07, 6.45) is 1.17. The Kier molecular flexibility index (Phi) is 6.34. The number of methoxy groups -OCH3 is 1. The highest BCUT2D eigenvalue weighted by atomic mass is 35.5. The lowest BCUT2D eigenvalue weighted by atomic mass is 10.2. The van der Waals surface area contributed by atoms with Crippen LogP contribution in [0.25, 0.3) is 0 Å². The summed E-state index contributed by atoms with van der Waals surface area (Å²) in [5.41, 5.74) is 1.93. The van der Waals surface area contributed by atoms with Crippen molar-refractivity contribution in [3.05, 3.63) is 57.1 Å². The molecule has 10 heteroatoms. The standard InChI is InChI=1S/C16H14ClN3O6/c1-25-14-6-10(5-13(16(14)22)20(23)24)8-18-19-15(21)9-26-12-4-2-3-11(17)7-12/h2-8,22H,9H2,1H3,(H,19,21)/b18-8-. The Morgan fingerprint density at radius 2 is 2.19 bits per heavy atom. The fourth-order valence-corrected chi connectivity index (χ4v) is 2.08. The number of halogens is 1. The Morgan fingerprint density at radius 3 is 2.85 bits per heavy atom. The second kappa shape index (κ2) is 8.67. The molecule has 0 fully saturated rings. The van der Waals surface area contributed by atoms with Gasteiger partial charge in [-0.15, -0.1) is 0 Å². The number of ether oxygens (including phenoxy) is 2. The number of hydrogen-bond acceptors (Lipinski definition) is 7. The summed E-state index contributed by atoms with van der Waals surface area (Å²) in [6.45, 7) is -0.295. The molecule has 0 radical (unpaired) electrons. The first kappa shape index (κ1) is 19.0. The van der Waals surface area contributed by atoms with Gasteiger partial charge >= 0.3 is 5.69 Å². The van der Waals surface area contributed by atoms with E-state index in [9.17, 15) is 20.0 Å². The minimum absolute atomic E-state index is 0.0868. The van der Waals surface area contributed by atoms with Crippen LogP contribution in [-0.4, -0.2) is 35.9 Å². The van der Waals surface area contributed by atoms with Crippen LogP contribution >= 0.6 is 11.6 Å². The average Bonchev–Trinajstić information content (AvgIpc) is 2.61. The molecule has 0 saturated heterocycles. The van der Waals surface area contributed by atoms with E-state index in [1.807, 2.05) is 0 Å². The molecule has 0 aromatic heterocycles. The van der Waals surface area contributed by atoms with E-state index in [2.05, 4.69) is 10.5 Å². The lowest BCUT2D eigenvalue weighted by Gasteiger charge is -2.06. The van der Waals surface area contributed by atoms with E-state index in [-0.39, 0.29) is 17.9 Å². The molecule has 0 aliphatic carbocycles. The fourth-order valence-electron chi connectivity index (χ4n) is 1.90. The molecule has 0 saturated carbocycles. The van der Waals surface area contributed by atoms with Gasteiger partial charge in [-0.2, -0.15) is 5.10 Å². The van der Waals surface area contributed by atoms with Gasteiger partial charge in [0.05, 0.1) is 18.2 Å². The van der Waals surface area contributed by atoms with Gasteiger partial charge in [-0.05, 0) is 24.3 Å². The van der Waals surface area contributed by atoms with Gasteiger partial charge in [0.2, 0.25) is 5.75 Å². The largest absolute Gasteiger partial charge is 0.500 e. The summed E-state index contributed by atoms with van der Waals surface area (Å²) in [7, 11) is 1.26. The van der Waals surface area contributed by atoms with Crippen molar-refractivity contribution in [1.82, 2.24) is 5.43 Å². The first-order valence-corrected chi connectivity index (χ1v) is 7.54. The van der Waals surface area contributed by atoms with E-state index in [0.717, 1.165) is 6.07 Å². The van der Waals surface area contributed by atoms with E-state index < -0.39 is 22.3 Å². The number of rotatable bonds is 7. The molecule has 9 nitrogen and oxygen atoms in total. The van der Waals surface area contributed by atoms with E-state index in [1.54, 1.807) is 24.3 Å². The molecule has 2 N–H and O–H groups in total. The Morgan fingerprint density at radius 1 is 1.42 bits per heavy atom. The van der Waals surface area contributed by atoms with Crippen LogP contribution in [0.4, 0.5) is 5.69 Å². The topological polar surface area (TPSA) is 123 Å². The number of benzene rings is 2. The molecule has 2 aromatic rings. The Labute approximate surface area is 153 Å². The number of amides is 1. The normalized spacial score (nSPS) is 10.5. The van der Waals surface area contributed by atoms with Gasteiger partial charge in [0.25, 0.3) is 5.91 Å². The number of nitro benzene ring substituents is 1. The van der Waals surface area contributed by atoms with Crippen molar-refractivity contribution < 1.29 is 24.3 Å². The van der Waals surface area contributed by atoms with E-state index in [0.29, 0.717) is 10.8 Å². The molecular formula is C16H14ClN3O6. The highest BCUT2D eigenvalue weighted by molar-refractivity contribution is 6.30. The minimum Gasteiger partial charge on any atom is -0.500 e. The van der Waals surface area contributed by atoms with Crippen LogP contribution in [0.2, 0.25) is 5.02 Å². The molecule has 0 bridgehead atoms. The third kappa shape index (κ3) is 5.08. The summed E-state index contributed by atoms with van der Waals surface area (Å²) < 4.78 is 10.1. The predicted molar refractivity (Wildman–Crippen MR) is 94.0 cm³/mol. The van der Waals surface area contributed by atoms with Crippen molar-refractivity contribution in [1.29, 1.82) is 0 Å². The number of phenolic OH excluding ortho intramolecular Hbond substituents is 1. The lowest BCUT2D eigenvalue weighted by Crippen LogP contribution is -2.24. The molecule has 2 rings (SSSR count). The van der Waals surface area contributed by atoms with Gasteiger partial charge in [-0.25, -0.2) is 5.43 Å². The van der Waals surface area contributed by atoms with Crippen LogP contribution in [-0.2, 0) is 4.79 Å². The molecule has 1 amide bonds. The third-order valence-corrected chi connectivity index (χ3v) is 3.30. The zero-order chi connectivity index (χ0) is 19.1. The number of carbonyl (C=O) groups is 1. The van der Waals surface area contributed by atoms with Gasteiger partial charge < -0.3 is 14.6 Å². The summed E-state index contributed by atoms with van der Waals surface area (Å²) in [5.74, 6) is -0.790. The Hall–Kier alpha value is -3.33. The molecule has 2 aromatic carbocycles. The summed E-state index contributed by atoms with van der Waals surface area (Å²) >= 11 is 5.80. The van der Waals surface area contributed by atoms with Crippen LogP contribution in [0, 0.1) is 10.1 Å². The maximum atomic E-state index is 11.7. The number of phenols is 1. The summed E-state index contributed by atoms with van der Waals surface area (Å²) in [6, 6.07) is 8.98. The molecule has 0 spiro atoms. The number of aromatic hydroxyl groups is 1. The molecule has 26 heavy (non-hydrogen) atoms. The molecule has 136 valence electrons. The molecule has 0 aliphatic rings. The molecule has 0 atom stereocenters. The summed E-state index contributed by atoms with van der Waals surface area (Å²) in [5, 5.41) is 24.8. The lowest BCUT2D eigenvalue weighted by molar-refractivity contribution is -0.386. The zero-order valence-electron chi connectivity index (χ0n) is 13.5. The highest BCUT2D eigenvalue weighted by Crippen LogP contribution is 2.36. The zero-order valence-corrected chi connectivity index (χ0v) is 14.3. The van der Waals surface area contributed by atoms with Crippen LogP contribution in [0.1, 0.15) is 5.56 Å². The third-order valence-electron chi connectivity index (χ3n) is 3.06. The van der Waals surface area contributed by atoms with Gasteiger partial charge in [0.1, 0.15) is 5.75 Å². The number of carbonyl (C=O) groups excluding carboxylic acids is 1. The smallest absolute Gasteiger partial charge is 0.315 e. The van der Waals surface area contributed by atoms with Crippen LogP contribution in [0.15, 0.2) is 41.5 Å². The minimum atomic E-state index is -0.757. The second-order valence-electron chi connectivity index (χ2n) is 4.89. The van der Waals surface area contributed by atoms with Gasteiger partial charge in [-0.1, -0.05) is 17.7 Å². The van der Waals surface area contributed by atoms with Crippen molar-refractivity contribution in [2.75, 3.05) is 13.7 Å². The maximum Gasteiger partial charge on any atom is 0.315 e. The fraction of sp³-hybridized carbons (Fsp3) is 0.125. The first-order chi connectivity index (χ1) is 12.4. The molecule has 0 unspecified atom stereocenters. The first-order valence-electron chi connectivity index (χ1n) is 7.16. The predicted octanol–water partition coefficient (Wildman–Crippen LogP) is 2.49. The number of nitrogens with zero attached hydrogens (tertiary/aromatic N) is 2. The van der Waals surface area contributed by atoms with Crippen molar-refractivity contribution in [2.24, 2.45) is 5.10 Å².